The van der Waals surface area contributed by atoms with Gasteiger partial charge in [0.05, 0.1) is 22.2 Å². The highest BCUT2D eigenvalue weighted by Gasteiger charge is 2.16. The van der Waals surface area contributed by atoms with Crippen molar-refractivity contribution in [2.24, 2.45) is 0 Å². The molecular weight excluding hydrogens is 274 g/mol. The molecule has 1 heterocycles. The first-order chi connectivity index (χ1) is 8.47. The summed E-state index contributed by atoms with van der Waals surface area (Å²) in [5, 5.41) is 3.76. The first-order valence-electron chi connectivity index (χ1n) is 5.81. The Bertz CT molecular complexity index is 524. The van der Waals surface area contributed by atoms with E-state index in [0.717, 1.165) is 19.4 Å². The molecule has 0 radical (unpaired) electrons. The molecule has 100 valence electrons. The van der Waals surface area contributed by atoms with Crippen LogP contribution in [-0.4, -0.2) is 33.9 Å². The van der Waals surface area contributed by atoms with Gasteiger partial charge in [0, 0.05) is 18.9 Å². The molecule has 1 aliphatic heterocycles. The minimum absolute atomic E-state index is 0.186. The summed E-state index contributed by atoms with van der Waals surface area (Å²) in [6.07, 6.45) is 3.18. The fourth-order valence-corrected chi connectivity index (χ4v) is 2.74. The zero-order valence-electron chi connectivity index (χ0n) is 10.1. The summed E-state index contributed by atoms with van der Waals surface area (Å²) >= 11 is 6.07. The Kier molecular flexibility index (Phi) is 4.14. The normalized spacial score (nSPS) is 20.7. The molecule has 1 saturated heterocycles. The molecule has 4 nitrogen and oxygen atoms in total. The van der Waals surface area contributed by atoms with E-state index in [1.807, 2.05) is 0 Å². The smallest absolute Gasteiger partial charge is 0.175 e. The molecule has 1 aromatic rings. The van der Waals surface area contributed by atoms with Gasteiger partial charge >= 0.3 is 0 Å². The van der Waals surface area contributed by atoms with Crippen LogP contribution in [0.2, 0.25) is 5.02 Å². The van der Waals surface area contributed by atoms with E-state index in [9.17, 15) is 8.42 Å². The molecule has 1 aromatic carbocycles. The Balaban J connectivity index is 2.21. The van der Waals surface area contributed by atoms with Crippen LogP contribution in [0.1, 0.15) is 12.8 Å². The van der Waals surface area contributed by atoms with Gasteiger partial charge in [-0.05, 0) is 31.0 Å². The van der Waals surface area contributed by atoms with Crippen LogP contribution in [-0.2, 0) is 14.6 Å². The van der Waals surface area contributed by atoms with Crippen molar-refractivity contribution in [3.8, 4) is 0 Å². The zero-order valence-corrected chi connectivity index (χ0v) is 11.7. The van der Waals surface area contributed by atoms with Gasteiger partial charge in [0.1, 0.15) is 0 Å². The molecule has 1 fully saturated rings. The van der Waals surface area contributed by atoms with Crippen LogP contribution in [0.4, 0.5) is 5.69 Å². The number of benzene rings is 1. The molecule has 6 heteroatoms. The first-order valence-corrected chi connectivity index (χ1v) is 8.07. The number of anilines is 1. The van der Waals surface area contributed by atoms with E-state index in [4.69, 9.17) is 16.3 Å². The van der Waals surface area contributed by atoms with Crippen LogP contribution in [0.15, 0.2) is 23.1 Å². The fraction of sp³-hybridized carbons (Fsp3) is 0.500. The SMILES string of the molecule is CS(=O)(=O)c1ccc(Cl)c(NC2CCCOC2)c1. The van der Waals surface area contributed by atoms with Crippen molar-refractivity contribution in [2.75, 3.05) is 24.8 Å². The maximum Gasteiger partial charge on any atom is 0.175 e. The van der Waals surface area contributed by atoms with Gasteiger partial charge < -0.3 is 10.1 Å². The van der Waals surface area contributed by atoms with Crippen LogP contribution in [0.25, 0.3) is 0 Å². The van der Waals surface area contributed by atoms with Gasteiger partial charge in [0.15, 0.2) is 9.84 Å². The van der Waals surface area contributed by atoms with Crippen molar-refractivity contribution in [2.45, 2.75) is 23.8 Å². The lowest BCUT2D eigenvalue weighted by molar-refractivity contribution is 0.0876. The lowest BCUT2D eigenvalue weighted by Gasteiger charge is -2.24. The summed E-state index contributed by atoms with van der Waals surface area (Å²) in [4.78, 5) is 0.270. The van der Waals surface area contributed by atoms with Crippen molar-refractivity contribution in [1.82, 2.24) is 0 Å². The maximum absolute atomic E-state index is 11.5. The summed E-state index contributed by atoms with van der Waals surface area (Å²) < 4.78 is 28.4. The average Bonchev–Trinajstić information content (AvgIpc) is 2.32. The molecule has 0 aromatic heterocycles. The second kappa shape index (κ2) is 5.47. The summed E-state index contributed by atoms with van der Waals surface area (Å²) in [7, 11) is -3.21. The number of halogens is 1. The van der Waals surface area contributed by atoms with E-state index in [-0.39, 0.29) is 10.9 Å². The van der Waals surface area contributed by atoms with Crippen molar-refractivity contribution in [3.63, 3.8) is 0 Å². The predicted octanol–water partition coefficient (Wildman–Crippen LogP) is 2.33. The Morgan fingerprint density at radius 1 is 1.44 bits per heavy atom. The Morgan fingerprint density at radius 2 is 2.22 bits per heavy atom. The largest absolute Gasteiger partial charge is 0.379 e. The van der Waals surface area contributed by atoms with Crippen molar-refractivity contribution < 1.29 is 13.2 Å². The third kappa shape index (κ3) is 3.37. The van der Waals surface area contributed by atoms with E-state index in [2.05, 4.69) is 5.32 Å². The summed E-state index contributed by atoms with van der Waals surface area (Å²) in [6, 6.07) is 4.88. The van der Waals surface area contributed by atoms with E-state index in [1.54, 1.807) is 12.1 Å². The van der Waals surface area contributed by atoms with Gasteiger partial charge in [-0.2, -0.15) is 0 Å². The van der Waals surface area contributed by atoms with Crippen molar-refractivity contribution >= 4 is 27.1 Å². The summed E-state index contributed by atoms with van der Waals surface area (Å²) in [5.74, 6) is 0. The van der Waals surface area contributed by atoms with Crippen LogP contribution in [0.5, 0.6) is 0 Å². The molecule has 0 amide bonds. The number of sulfone groups is 1. The highest BCUT2D eigenvalue weighted by molar-refractivity contribution is 7.90. The lowest BCUT2D eigenvalue weighted by Crippen LogP contribution is -2.30. The molecule has 0 spiro atoms. The van der Waals surface area contributed by atoms with E-state index in [1.165, 1.54) is 12.3 Å². The predicted molar refractivity (Wildman–Crippen MR) is 72.0 cm³/mol. The zero-order chi connectivity index (χ0) is 13.2. The molecule has 2 rings (SSSR count). The molecule has 1 unspecified atom stereocenters. The highest BCUT2D eigenvalue weighted by Crippen LogP contribution is 2.27. The second-order valence-corrected chi connectivity index (χ2v) is 6.90. The Hall–Kier alpha value is -0.780. The second-order valence-electron chi connectivity index (χ2n) is 4.47. The monoisotopic (exact) mass is 289 g/mol. The van der Waals surface area contributed by atoms with Crippen molar-refractivity contribution in [1.29, 1.82) is 0 Å². The van der Waals surface area contributed by atoms with Crippen LogP contribution >= 0.6 is 11.6 Å². The fourth-order valence-electron chi connectivity index (χ4n) is 1.92. The van der Waals surface area contributed by atoms with Gasteiger partial charge in [0.2, 0.25) is 0 Å². The van der Waals surface area contributed by atoms with Gasteiger partial charge in [0.25, 0.3) is 0 Å². The van der Waals surface area contributed by atoms with Gasteiger partial charge in [-0.15, -0.1) is 0 Å². The summed E-state index contributed by atoms with van der Waals surface area (Å²) in [5.41, 5.74) is 0.648. The molecule has 18 heavy (non-hydrogen) atoms. The molecule has 0 bridgehead atoms. The summed E-state index contributed by atoms with van der Waals surface area (Å²) in [6.45, 7) is 1.41. The molecule has 1 aliphatic rings. The Labute approximate surface area is 112 Å². The first kappa shape index (κ1) is 13.6. The lowest BCUT2D eigenvalue weighted by atomic mass is 10.1. The molecule has 1 N–H and O–H groups in total. The average molecular weight is 290 g/mol. The van der Waals surface area contributed by atoms with Gasteiger partial charge in [-0.3, -0.25) is 0 Å². The third-order valence-electron chi connectivity index (χ3n) is 2.89. The number of ether oxygens (including phenoxy) is 1. The van der Waals surface area contributed by atoms with Gasteiger partial charge in [-0.1, -0.05) is 11.6 Å². The van der Waals surface area contributed by atoms with Gasteiger partial charge in [-0.25, -0.2) is 8.42 Å². The number of nitrogens with one attached hydrogen (secondary N) is 1. The maximum atomic E-state index is 11.5. The Morgan fingerprint density at radius 3 is 2.83 bits per heavy atom. The minimum atomic E-state index is -3.21. The molecule has 1 atom stereocenters. The van der Waals surface area contributed by atoms with E-state index in [0.29, 0.717) is 17.3 Å². The molecular formula is C12H16ClNO3S. The third-order valence-corrected chi connectivity index (χ3v) is 4.33. The molecule has 0 saturated carbocycles. The standard InChI is InChI=1S/C12H16ClNO3S/c1-18(15,16)10-4-5-11(13)12(7-10)14-9-3-2-6-17-8-9/h4-5,7,9,14H,2-3,6,8H2,1H3. The minimum Gasteiger partial charge on any atom is -0.379 e. The topological polar surface area (TPSA) is 55.4 Å². The van der Waals surface area contributed by atoms with Crippen LogP contribution < -0.4 is 5.32 Å². The quantitative estimate of drug-likeness (QED) is 0.928. The number of hydrogen-bond donors (Lipinski definition) is 1. The number of hydrogen-bond acceptors (Lipinski definition) is 4. The number of rotatable bonds is 3. The van der Waals surface area contributed by atoms with E-state index >= 15 is 0 Å². The highest BCUT2D eigenvalue weighted by atomic mass is 35.5. The van der Waals surface area contributed by atoms with Crippen LogP contribution in [0, 0.1) is 0 Å². The van der Waals surface area contributed by atoms with Crippen LogP contribution in [0.3, 0.4) is 0 Å². The van der Waals surface area contributed by atoms with E-state index < -0.39 is 9.84 Å². The van der Waals surface area contributed by atoms with Crippen molar-refractivity contribution in [3.05, 3.63) is 23.2 Å². The molecule has 0 aliphatic carbocycles.